The van der Waals surface area contributed by atoms with Gasteiger partial charge in [0, 0.05) is 25.7 Å². The lowest BCUT2D eigenvalue weighted by molar-refractivity contribution is -0.139. The smallest absolute Gasteiger partial charge is 0.416 e. The van der Waals surface area contributed by atoms with Gasteiger partial charge in [-0.15, -0.1) is 0 Å². The van der Waals surface area contributed by atoms with Gasteiger partial charge in [-0.2, -0.15) is 17.5 Å². The molecule has 1 aliphatic heterocycles. The average Bonchev–Trinajstić information content (AvgIpc) is 2.60. The van der Waals surface area contributed by atoms with E-state index in [4.69, 9.17) is 5.11 Å². The van der Waals surface area contributed by atoms with Crippen LogP contribution in [0.1, 0.15) is 32.8 Å². The highest BCUT2D eigenvalue weighted by molar-refractivity contribution is 7.89. The quantitative estimate of drug-likeness (QED) is 0.655. The molecule has 8 nitrogen and oxygen atoms in total. The van der Waals surface area contributed by atoms with Gasteiger partial charge in [0.05, 0.1) is 16.9 Å². The number of alkyl halides is 3. The number of hydrogen-bond donors (Lipinski definition) is 2. The maximum Gasteiger partial charge on any atom is 0.416 e. The monoisotopic (exact) mass is 454 g/mol. The van der Waals surface area contributed by atoms with E-state index >= 15 is 0 Å². The number of piperazine rings is 1. The van der Waals surface area contributed by atoms with Gasteiger partial charge in [0.15, 0.2) is 0 Å². The van der Waals surface area contributed by atoms with E-state index in [1.165, 1.54) is 0 Å². The molecule has 0 amide bonds. The average molecular weight is 454 g/mol. The first-order valence-electron chi connectivity index (χ1n) is 8.91. The van der Waals surface area contributed by atoms with Crippen LogP contribution in [0, 0.1) is 0 Å². The van der Waals surface area contributed by atoms with Crippen LogP contribution in [-0.4, -0.2) is 61.5 Å². The van der Waals surface area contributed by atoms with Gasteiger partial charge in [0.1, 0.15) is 5.60 Å². The maximum atomic E-state index is 12.8. The molecule has 0 bridgehead atoms. The number of aliphatic carboxylic acids is 1. The fourth-order valence-corrected chi connectivity index (χ4v) is 4.22. The number of benzene rings is 1. The van der Waals surface area contributed by atoms with Gasteiger partial charge >= 0.3 is 12.1 Å². The number of carbonyl (C=O) groups is 2. The fraction of sp³-hybridized carbons (Fsp3) is 0.556. The van der Waals surface area contributed by atoms with Crippen LogP contribution in [0.4, 0.5) is 13.2 Å². The molecule has 0 spiro atoms. The molecule has 0 saturated carbocycles. The molecule has 0 aromatic heterocycles. The van der Waals surface area contributed by atoms with Crippen LogP contribution < -0.4 is 5.32 Å². The van der Waals surface area contributed by atoms with Crippen LogP contribution in [0.5, 0.6) is 0 Å². The number of ether oxygens (including phenoxy) is 1. The van der Waals surface area contributed by atoms with Crippen molar-refractivity contribution < 1.29 is 41.0 Å². The number of sulfonamides is 1. The van der Waals surface area contributed by atoms with Crippen molar-refractivity contribution in [1.29, 1.82) is 0 Å². The maximum absolute atomic E-state index is 12.8. The lowest BCUT2D eigenvalue weighted by atomic mass is 10.2. The van der Waals surface area contributed by atoms with Crippen LogP contribution >= 0.6 is 0 Å². The Morgan fingerprint density at radius 3 is 2.43 bits per heavy atom. The molecule has 2 N–H and O–H groups in total. The van der Waals surface area contributed by atoms with Gasteiger partial charge in [-0.1, -0.05) is 6.07 Å². The third kappa shape index (κ3) is 7.92. The van der Waals surface area contributed by atoms with Crippen molar-refractivity contribution in [2.24, 2.45) is 0 Å². The van der Waals surface area contributed by atoms with Crippen molar-refractivity contribution >= 4 is 22.5 Å². The molecular formula is C18H25F3N2O6S. The normalized spacial score (nSPS) is 18.1. The fourth-order valence-electron chi connectivity index (χ4n) is 2.55. The van der Waals surface area contributed by atoms with E-state index in [0.29, 0.717) is 19.1 Å². The standard InChI is InChI=1S/C13H15F3N2O4S.C5H10O2/c14-13(15,16)9-2-1-3-11(6-9)23(21,22)18-5-4-17-8-10(18)7-12(19)20;1-5(2,3)7-4-6/h1-3,6,10,17H,4-5,7-8H2,(H,19,20);4H,1-3H3. The minimum atomic E-state index is -4.66. The van der Waals surface area contributed by atoms with E-state index in [0.717, 1.165) is 22.5 Å². The third-order valence-electron chi connectivity index (χ3n) is 3.88. The van der Waals surface area contributed by atoms with Crippen LogP contribution in [0.15, 0.2) is 29.2 Å². The number of nitrogens with one attached hydrogen (secondary N) is 1. The Bertz CT molecular complexity index is 837. The van der Waals surface area contributed by atoms with Crippen LogP contribution in [0.3, 0.4) is 0 Å². The molecule has 1 unspecified atom stereocenters. The van der Waals surface area contributed by atoms with E-state index in [2.05, 4.69) is 10.1 Å². The molecule has 1 saturated heterocycles. The molecule has 1 fully saturated rings. The summed E-state index contributed by atoms with van der Waals surface area (Å²) < 4.78 is 68.9. The van der Waals surface area contributed by atoms with E-state index in [1.807, 2.05) is 20.8 Å². The summed E-state index contributed by atoms with van der Waals surface area (Å²) in [6.45, 7) is 6.35. The number of nitrogens with zero attached hydrogens (tertiary/aromatic N) is 1. The second-order valence-corrected chi connectivity index (χ2v) is 9.31. The Kier molecular flexibility index (Phi) is 8.81. The van der Waals surface area contributed by atoms with Crippen molar-refractivity contribution in [3.8, 4) is 0 Å². The number of carboxylic acids is 1. The largest absolute Gasteiger partial charge is 0.481 e. The summed E-state index contributed by atoms with van der Waals surface area (Å²) in [4.78, 5) is 20.0. The zero-order valence-corrected chi connectivity index (χ0v) is 17.6. The van der Waals surface area contributed by atoms with Crippen LogP contribution in [0.2, 0.25) is 0 Å². The van der Waals surface area contributed by atoms with E-state index in [-0.39, 0.29) is 18.7 Å². The van der Waals surface area contributed by atoms with Gasteiger partial charge < -0.3 is 15.2 Å². The van der Waals surface area contributed by atoms with Crippen molar-refractivity contribution in [1.82, 2.24) is 9.62 Å². The highest BCUT2D eigenvalue weighted by atomic mass is 32.2. The molecule has 1 aromatic rings. The SMILES string of the molecule is CC(C)(C)OC=O.O=C(O)CC1CNCCN1S(=O)(=O)c1cccc(C(F)(F)F)c1. The number of rotatable bonds is 5. The molecule has 1 heterocycles. The first-order valence-corrected chi connectivity index (χ1v) is 10.4. The highest BCUT2D eigenvalue weighted by Gasteiger charge is 2.37. The zero-order chi connectivity index (χ0) is 23.2. The van der Waals surface area contributed by atoms with Gasteiger partial charge in [-0.05, 0) is 39.0 Å². The molecule has 1 aliphatic rings. The van der Waals surface area contributed by atoms with Gasteiger partial charge in [0.25, 0.3) is 6.47 Å². The van der Waals surface area contributed by atoms with Gasteiger partial charge in [0.2, 0.25) is 10.0 Å². The highest BCUT2D eigenvalue weighted by Crippen LogP contribution is 2.31. The minimum Gasteiger partial charge on any atom is -0.481 e. The summed E-state index contributed by atoms with van der Waals surface area (Å²) >= 11 is 0. The number of carboxylic acid groups (broad SMARTS) is 1. The molecule has 30 heavy (non-hydrogen) atoms. The van der Waals surface area contributed by atoms with Crippen molar-refractivity contribution in [3.63, 3.8) is 0 Å². The minimum absolute atomic E-state index is 0.00345. The summed E-state index contributed by atoms with van der Waals surface area (Å²) in [5.41, 5.74) is -1.38. The molecular weight excluding hydrogens is 429 g/mol. The lowest BCUT2D eigenvalue weighted by Gasteiger charge is -2.34. The van der Waals surface area contributed by atoms with E-state index in [1.54, 1.807) is 0 Å². The molecule has 1 aromatic carbocycles. The second kappa shape index (κ2) is 10.2. The van der Waals surface area contributed by atoms with Crippen LogP contribution in [0.25, 0.3) is 0 Å². The summed E-state index contributed by atoms with van der Waals surface area (Å²) in [6.07, 6.45) is -5.08. The first kappa shape index (κ1) is 25.9. The summed E-state index contributed by atoms with van der Waals surface area (Å²) in [5.74, 6) is -1.18. The molecule has 2 rings (SSSR count). The molecule has 0 radical (unpaired) electrons. The van der Waals surface area contributed by atoms with E-state index < -0.39 is 45.1 Å². The summed E-state index contributed by atoms with van der Waals surface area (Å²) in [7, 11) is -4.21. The predicted molar refractivity (Wildman–Crippen MR) is 101 cm³/mol. The zero-order valence-electron chi connectivity index (χ0n) is 16.8. The molecule has 0 aliphatic carbocycles. The van der Waals surface area contributed by atoms with E-state index in [9.17, 15) is 31.2 Å². The third-order valence-corrected chi connectivity index (χ3v) is 5.82. The Labute approximate surface area is 173 Å². The topological polar surface area (TPSA) is 113 Å². The molecule has 12 heteroatoms. The number of halogens is 3. The Morgan fingerprint density at radius 2 is 1.97 bits per heavy atom. The van der Waals surface area contributed by atoms with Crippen molar-refractivity contribution in [3.05, 3.63) is 29.8 Å². The number of carbonyl (C=O) groups excluding carboxylic acids is 1. The van der Waals surface area contributed by atoms with Gasteiger partial charge in [-0.25, -0.2) is 8.42 Å². The van der Waals surface area contributed by atoms with Crippen molar-refractivity contribution in [2.75, 3.05) is 19.6 Å². The Hall–Kier alpha value is -2.18. The van der Waals surface area contributed by atoms with Crippen LogP contribution in [-0.2, 0) is 30.5 Å². The molecule has 1 atom stereocenters. The first-order chi connectivity index (χ1) is 13.7. The summed E-state index contributed by atoms with van der Waals surface area (Å²) in [5, 5.41) is 11.8. The summed E-state index contributed by atoms with van der Waals surface area (Å²) in [6, 6.07) is 2.59. The Morgan fingerprint density at radius 1 is 1.33 bits per heavy atom. The van der Waals surface area contributed by atoms with Crippen molar-refractivity contribution in [2.45, 2.75) is 49.9 Å². The number of hydrogen-bond acceptors (Lipinski definition) is 6. The van der Waals surface area contributed by atoms with Gasteiger partial charge in [-0.3, -0.25) is 9.59 Å². The predicted octanol–water partition coefficient (Wildman–Crippen LogP) is 2.10. The lowest BCUT2D eigenvalue weighted by Crippen LogP contribution is -2.54. The second-order valence-electron chi connectivity index (χ2n) is 7.42. The molecule has 170 valence electrons. The Balaban J connectivity index is 0.000000553.